The number of aromatic nitrogens is 1. The van der Waals surface area contributed by atoms with Gasteiger partial charge in [0.05, 0.1) is 12.2 Å². The molecule has 0 atom stereocenters. The first kappa shape index (κ1) is 11.7. The summed E-state index contributed by atoms with van der Waals surface area (Å²) in [5.74, 6) is -0.195. The highest BCUT2D eigenvalue weighted by Crippen LogP contribution is 2.16. The summed E-state index contributed by atoms with van der Waals surface area (Å²) in [4.78, 5) is 0. The molecule has 0 amide bonds. The number of halogens is 1. The average molecular weight is 232 g/mol. The van der Waals surface area contributed by atoms with Crippen LogP contribution in [0.1, 0.15) is 18.2 Å². The maximum absolute atomic E-state index is 13.6. The SMILES string of the molecule is CCn1cccc1CNc1ccc(C)cc1F. The molecule has 17 heavy (non-hydrogen) atoms. The van der Waals surface area contributed by atoms with Crippen LogP contribution in [0.5, 0.6) is 0 Å². The summed E-state index contributed by atoms with van der Waals surface area (Å²) in [6.07, 6.45) is 2.03. The topological polar surface area (TPSA) is 17.0 Å². The molecule has 2 nitrogen and oxygen atoms in total. The fraction of sp³-hybridized carbons (Fsp3) is 0.286. The van der Waals surface area contributed by atoms with E-state index in [1.54, 1.807) is 12.1 Å². The van der Waals surface area contributed by atoms with Crippen molar-refractivity contribution >= 4 is 5.69 Å². The van der Waals surface area contributed by atoms with E-state index in [-0.39, 0.29) is 5.82 Å². The Balaban J connectivity index is 2.07. The van der Waals surface area contributed by atoms with Gasteiger partial charge in [-0.15, -0.1) is 0 Å². The summed E-state index contributed by atoms with van der Waals surface area (Å²) in [5.41, 5.74) is 2.65. The fourth-order valence-electron chi connectivity index (χ4n) is 1.87. The zero-order valence-electron chi connectivity index (χ0n) is 10.2. The molecule has 0 unspecified atom stereocenters. The number of aryl methyl sites for hydroxylation is 2. The minimum atomic E-state index is -0.195. The largest absolute Gasteiger partial charge is 0.377 e. The molecule has 0 radical (unpaired) electrons. The Bertz CT molecular complexity index is 503. The van der Waals surface area contributed by atoms with Gasteiger partial charge < -0.3 is 9.88 Å². The van der Waals surface area contributed by atoms with E-state index < -0.39 is 0 Å². The molecule has 0 aliphatic heterocycles. The molecule has 0 fully saturated rings. The van der Waals surface area contributed by atoms with E-state index in [2.05, 4.69) is 16.8 Å². The van der Waals surface area contributed by atoms with Gasteiger partial charge in [-0.25, -0.2) is 4.39 Å². The molecule has 90 valence electrons. The molecule has 0 spiro atoms. The third kappa shape index (κ3) is 2.67. The maximum Gasteiger partial charge on any atom is 0.146 e. The molecule has 1 aromatic heterocycles. The van der Waals surface area contributed by atoms with E-state index in [0.717, 1.165) is 17.8 Å². The van der Waals surface area contributed by atoms with Crippen LogP contribution in [0.4, 0.5) is 10.1 Å². The van der Waals surface area contributed by atoms with Gasteiger partial charge in [0.1, 0.15) is 5.82 Å². The van der Waals surface area contributed by atoms with Crippen molar-refractivity contribution in [1.29, 1.82) is 0 Å². The summed E-state index contributed by atoms with van der Waals surface area (Å²) in [6, 6.07) is 9.28. The Morgan fingerprint density at radius 1 is 1.29 bits per heavy atom. The molecule has 0 aliphatic rings. The highest BCUT2D eigenvalue weighted by Gasteiger charge is 2.03. The third-order valence-electron chi connectivity index (χ3n) is 2.85. The number of hydrogen-bond acceptors (Lipinski definition) is 1. The molecule has 0 bridgehead atoms. The monoisotopic (exact) mass is 232 g/mol. The van der Waals surface area contributed by atoms with E-state index in [1.807, 2.05) is 31.3 Å². The van der Waals surface area contributed by atoms with Gasteiger partial charge in [0, 0.05) is 18.4 Å². The first-order valence-electron chi connectivity index (χ1n) is 5.84. The van der Waals surface area contributed by atoms with Gasteiger partial charge in [0.25, 0.3) is 0 Å². The van der Waals surface area contributed by atoms with Crippen molar-refractivity contribution in [1.82, 2.24) is 4.57 Å². The molecule has 2 aromatic rings. The Labute approximate surface area is 101 Å². The minimum Gasteiger partial charge on any atom is -0.377 e. The molecule has 0 saturated heterocycles. The smallest absolute Gasteiger partial charge is 0.146 e. The summed E-state index contributed by atoms with van der Waals surface area (Å²) in [5, 5.41) is 3.12. The molecular weight excluding hydrogens is 215 g/mol. The lowest BCUT2D eigenvalue weighted by molar-refractivity contribution is 0.628. The first-order valence-corrected chi connectivity index (χ1v) is 5.84. The van der Waals surface area contributed by atoms with Gasteiger partial charge in [-0.2, -0.15) is 0 Å². The Morgan fingerprint density at radius 2 is 2.12 bits per heavy atom. The zero-order valence-corrected chi connectivity index (χ0v) is 10.2. The first-order chi connectivity index (χ1) is 8.20. The molecule has 2 rings (SSSR count). The van der Waals surface area contributed by atoms with Gasteiger partial charge in [0.2, 0.25) is 0 Å². The van der Waals surface area contributed by atoms with Gasteiger partial charge >= 0.3 is 0 Å². The van der Waals surface area contributed by atoms with E-state index >= 15 is 0 Å². The van der Waals surface area contributed by atoms with Crippen LogP contribution < -0.4 is 5.32 Å². The number of nitrogens with zero attached hydrogens (tertiary/aromatic N) is 1. The standard InChI is InChI=1S/C14H17FN2/c1-3-17-8-4-5-12(17)10-16-14-7-6-11(2)9-13(14)15/h4-9,16H,3,10H2,1-2H3. The zero-order chi connectivity index (χ0) is 12.3. The lowest BCUT2D eigenvalue weighted by Crippen LogP contribution is -2.07. The molecular formula is C14H17FN2. The van der Waals surface area contributed by atoms with E-state index in [0.29, 0.717) is 12.2 Å². The van der Waals surface area contributed by atoms with Crippen molar-refractivity contribution in [2.75, 3.05) is 5.32 Å². The minimum absolute atomic E-state index is 0.195. The van der Waals surface area contributed by atoms with Crippen molar-refractivity contribution in [2.24, 2.45) is 0 Å². The van der Waals surface area contributed by atoms with Crippen LogP contribution in [0, 0.1) is 12.7 Å². The second-order valence-electron chi connectivity index (χ2n) is 4.12. The van der Waals surface area contributed by atoms with E-state index in [9.17, 15) is 4.39 Å². The highest BCUT2D eigenvalue weighted by molar-refractivity contribution is 5.46. The number of anilines is 1. The quantitative estimate of drug-likeness (QED) is 0.852. The van der Waals surface area contributed by atoms with Crippen molar-refractivity contribution in [2.45, 2.75) is 26.9 Å². The number of benzene rings is 1. The summed E-state index contributed by atoms with van der Waals surface area (Å²) >= 11 is 0. The van der Waals surface area contributed by atoms with Crippen molar-refractivity contribution in [3.8, 4) is 0 Å². The van der Waals surface area contributed by atoms with Crippen LogP contribution in [-0.2, 0) is 13.1 Å². The summed E-state index contributed by atoms with van der Waals surface area (Å²) < 4.78 is 15.7. The fourth-order valence-corrected chi connectivity index (χ4v) is 1.87. The summed E-state index contributed by atoms with van der Waals surface area (Å²) in [6.45, 7) is 5.55. The second kappa shape index (κ2) is 5.04. The van der Waals surface area contributed by atoms with E-state index in [4.69, 9.17) is 0 Å². The lowest BCUT2D eigenvalue weighted by atomic mass is 10.2. The average Bonchev–Trinajstić information content (AvgIpc) is 2.75. The Kier molecular flexibility index (Phi) is 3.47. The maximum atomic E-state index is 13.6. The number of hydrogen-bond donors (Lipinski definition) is 1. The van der Waals surface area contributed by atoms with Gasteiger partial charge in [-0.3, -0.25) is 0 Å². The molecule has 0 aliphatic carbocycles. The molecule has 0 saturated carbocycles. The summed E-state index contributed by atoms with van der Waals surface area (Å²) in [7, 11) is 0. The van der Waals surface area contributed by atoms with Crippen LogP contribution in [0.3, 0.4) is 0 Å². The van der Waals surface area contributed by atoms with Crippen molar-refractivity contribution in [3.63, 3.8) is 0 Å². The second-order valence-corrected chi connectivity index (χ2v) is 4.12. The Morgan fingerprint density at radius 3 is 2.82 bits per heavy atom. The van der Waals surface area contributed by atoms with Crippen LogP contribution in [0.15, 0.2) is 36.5 Å². The molecule has 1 N–H and O–H groups in total. The van der Waals surface area contributed by atoms with Gasteiger partial charge in [0.15, 0.2) is 0 Å². The van der Waals surface area contributed by atoms with Gasteiger partial charge in [-0.05, 0) is 43.7 Å². The van der Waals surface area contributed by atoms with Crippen molar-refractivity contribution in [3.05, 3.63) is 53.6 Å². The molecule has 1 aromatic carbocycles. The van der Waals surface area contributed by atoms with Crippen LogP contribution >= 0.6 is 0 Å². The predicted molar refractivity (Wildman–Crippen MR) is 68.6 cm³/mol. The number of nitrogens with one attached hydrogen (secondary N) is 1. The Hall–Kier alpha value is -1.77. The van der Waals surface area contributed by atoms with E-state index in [1.165, 1.54) is 0 Å². The third-order valence-corrected chi connectivity index (χ3v) is 2.85. The normalized spacial score (nSPS) is 10.5. The number of rotatable bonds is 4. The molecule has 1 heterocycles. The molecule has 3 heteroatoms. The lowest BCUT2D eigenvalue weighted by Gasteiger charge is -2.10. The predicted octanol–water partition coefficient (Wildman–Crippen LogP) is 3.57. The van der Waals surface area contributed by atoms with Crippen LogP contribution in [-0.4, -0.2) is 4.57 Å². The van der Waals surface area contributed by atoms with Crippen LogP contribution in [0.2, 0.25) is 0 Å². The van der Waals surface area contributed by atoms with Gasteiger partial charge in [-0.1, -0.05) is 6.07 Å². The van der Waals surface area contributed by atoms with Crippen LogP contribution in [0.25, 0.3) is 0 Å². The highest BCUT2D eigenvalue weighted by atomic mass is 19.1. The van der Waals surface area contributed by atoms with Crippen molar-refractivity contribution < 1.29 is 4.39 Å².